The highest BCUT2D eigenvalue weighted by atomic mass is 16.5. The van der Waals surface area contributed by atoms with Crippen LogP contribution in [0.1, 0.15) is 20.3 Å². The molecule has 1 aromatic heterocycles. The van der Waals surface area contributed by atoms with Crippen molar-refractivity contribution in [1.82, 2.24) is 20.5 Å². The van der Waals surface area contributed by atoms with E-state index in [-0.39, 0.29) is 11.8 Å². The van der Waals surface area contributed by atoms with Crippen LogP contribution in [-0.2, 0) is 9.59 Å². The van der Waals surface area contributed by atoms with Gasteiger partial charge in [-0.1, -0.05) is 32.0 Å². The van der Waals surface area contributed by atoms with Crippen LogP contribution in [0.4, 0.5) is 5.95 Å². The summed E-state index contributed by atoms with van der Waals surface area (Å²) < 4.78 is 5.35. The Hall–Kier alpha value is -2.98. The number of aromatic nitrogens is 2. The van der Waals surface area contributed by atoms with Crippen LogP contribution in [0, 0.1) is 11.8 Å². The highest BCUT2D eigenvalue weighted by molar-refractivity contribution is 5.88. The Kier molecular flexibility index (Phi) is 7.01. The number of carbonyl (C=O) groups excluding carboxylic acids is 2. The van der Waals surface area contributed by atoms with E-state index in [0.29, 0.717) is 44.4 Å². The lowest BCUT2D eigenvalue weighted by Crippen LogP contribution is -2.53. The minimum atomic E-state index is -1.60. The van der Waals surface area contributed by atoms with Gasteiger partial charge in [-0.15, -0.1) is 0 Å². The molecule has 0 aliphatic carbocycles. The second-order valence-electron chi connectivity index (χ2n) is 7.73. The fourth-order valence-corrected chi connectivity index (χ4v) is 3.52. The topological polar surface area (TPSA) is 132 Å². The van der Waals surface area contributed by atoms with Crippen LogP contribution in [-0.4, -0.2) is 69.5 Å². The summed E-state index contributed by atoms with van der Waals surface area (Å²) in [6.07, 6.45) is -1.27. The van der Waals surface area contributed by atoms with Gasteiger partial charge in [-0.2, -0.15) is 4.98 Å². The Morgan fingerprint density at radius 1 is 1.17 bits per heavy atom. The lowest BCUT2D eigenvalue weighted by molar-refractivity contribution is -0.151. The quantitative estimate of drug-likeness (QED) is 0.447. The zero-order valence-corrected chi connectivity index (χ0v) is 17.1. The first-order chi connectivity index (χ1) is 14.4. The molecule has 1 fully saturated rings. The Morgan fingerprint density at radius 2 is 1.83 bits per heavy atom. The molecule has 0 bridgehead atoms. The number of piperazine rings is 1. The number of carbonyl (C=O) groups is 2. The second kappa shape index (κ2) is 9.68. The van der Waals surface area contributed by atoms with Gasteiger partial charge < -0.3 is 19.4 Å². The van der Waals surface area contributed by atoms with Crippen LogP contribution in [0.2, 0.25) is 0 Å². The third-order valence-corrected chi connectivity index (χ3v) is 5.11. The molecule has 2 amide bonds. The Labute approximate surface area is 174 Å². The maximum atomic E-state index is 13.0. The predicted molar refractivity (Wildman–Crippen MR) is 107 cm³/mol. The molecule has 2 unspecified atom stereocenters. The van der Waals surface area contributed by atoms with Crippen LogP contribution >= 0.6 is 0 Å². The number of hydrogen-bond acceptors (Lipinski definition) is 8. The van der Waals surface area contributed by atoms with Crippen molar-refractivity contribution in [3.05, 3.63) is 30.3 Å². The molecule has 1 saturated heterocycles. The molecule has 0 radical (unpaired) electrons. The number of anilines is 1. The molecule has 3 rings (SSSR count). The standard InChI is InChI=1S/C20H27N5O5/c1-13(2)12-15(16(26)17(27)22-29)19(28)24-8-10-25(11-9-24)20-21-18(30-23-20)14-6-4-3-5-7-14/h3-7,13,15-16,26,29H,8-12H2,1-2H3,(H,22,27). The van der Waals surface area contributed by atoms with Crippen LogP contribution in [0.3, 0.4) is 0 Å². The van der Waals surface area contributed by atoms with Gasteiger partial charge in [0.15, 0.2) is 0 Å². The van der Waals surface area contributed by atoms with Crippen molar-refractivity contribution < 1.29 is 24.4 Å². The van der Waals surface area contributed by atoms with E-state index >= 15 is 0 Å². The number of hydrogen-bond donors (Lipinski definition) is 3. The van der Waals surface area contributed by atoms with Crippen molar-refractivity contribution in [1.29, 1.82) is 0 Å². The average molecular weight is 417 g/mol. The first kappa shape index (κ1) is 21.7. The maximum Gasteiger partial charge on any atom is 0.272 e. The van der Waals surface area contributed by atoms with E-state index in [1.807, 2.05) is 49.1 Å². The normalized spacial score (nSPS) is 16.4. The second-order valence-corrected chi connectivity index (χ2v) is 7.73. The highest BCUT2D eigenvalue weighted by Crippen LogP contribution is 2.23. The van der Waals surface area contributed by atoms with Crippen molar-refractivity contribution >= 4 is 17.8 Å². The van der Waals surface area contributed by atoms with Gasteiger partial charge in [0.2, 0.25) is 5.91 Å². The first-order valence-corrected chi connectivity index (χ1v) is 9.95. The van der Waals surface area contributed by atoms with Gasteiger partial charge in [0.25, 0.3) is 17.7 Å². The SMILES string of the molecule is CC(C)CC(C(=O)N1CCN(c2noc(-c3ccccc3)n2)CC1)C(O)C(=O)NO. The monoisotopic (exact) mass is 417 g/mol. The van der Waals surface area contributed by atoms with Gasteiger partial charge in [0.05, 0.1) is 5.92 Å². The molecule has 1 aliphatic heterocycles. The number of hydroxylamine groups is 1. The molecule has 2 heterocycles. The summed E-state index contributed by atoms with van der Waals surface area (Å²) in [5.74, 6) is -1.22. The summed E-state index contributed by atoms with van der Waals surface area (Å²) >= 11 is 0. The van der Waals surface area contributed by atoms with Gasteiger partial charge in [-0.3, -0.25) is 14.8 Å². The van der Waals surface area contributed by atoms with E-state index in [0.717, 1.165) is 5.56 Å². The highest BCUT2D eigenvalue weighted by Gasteiger charge is 2.36. The maximum absolute atomic E-state index is 13.0. The molecule has 10 nitrogen and oxygen atoms in total. The summed E-state index contributed by atoms with van der Waals surface area (Å²) in [5, 5.41) is 23.1. The molecule has 1 aliphatic rings. The Bertz CT molecular complexity index is 848. The summed E-state index contributed by atoms with van der Waals surface area (Å²) in [5.41, 5.74) is 2.26. The van der Waals surface area contributed by atoms with Gasteiger partial charge in [-0.25, -0.2) is 5.48 Å². The molecule has 30 heavy (non-hydrogen) atoms. The first-order valence-electron chi connectivity index (χ1n) is 9.95. The molecule has 3 N–H and O–H groups in total. The fraction of sp³-hybridized carbons (Fsp3) is 0.500. The van der Waals surface area contributed by atoms with E-state index in [1.165, 1.54) is 5.48 Å². The molecule has 162 valence electrons. The van der Waals surface area contributed by atoms with E-state index in [1.54, 1.807) is 4.90 Å². The zero-order valence-electron chi connectivity index (χ0n) is 17.1. The smallest absolute Gasteiger partial charge is 0.272 e. The predicted octanol–water partition coefficient (Wildman–Crippen LogP) is 0.914. The zero-order chi connectivity index (χ0) is 21.7. The number of amides is 2. The van der Waals surface area contributed by atoms with Crippen LogP contribution in [0.5, 0.6) is 0 Å². The Morgan fingerprint density at radius 3 is 2.43 bits per heavy atom. The molecule has 0 saturated carbocycles. The van der Waals surface area contributed by atoms with Gasteiger partial charge in [0, 0.05) is 31.7 Å². The van der Waals surface area contributed by atoms with Crippen molar-refractivity contribution in [2.24, 2.45) is 11.8 Å². The minimum absolute atomic E-state index is 0.0946. The average Bonchev–Trinajstić information content (AvgIpc) is 3.27. The number of nitrogens with zero attached hydrogens (tertiary/aromatic N) is 4. The number of aliphatic hydroxyl groups excluding tert-OH is 1. The van der Waals surface area contributed by atoms with Gasteiger partial charge >= 0.3 is 0 Å². The third kappa shape index (κ3) is 4.95. The van der Waals surface area contributed by atoms with Crippen LogP contribution < -0.4 is 10.4 Å². The molecule has 2 atom stereocenters. The lowest BCUT2D eigenvalue weighted by atomic mass is 9.90. The van der Waals surface area contributed by atoms with Gasteiger partial charge in [-0.05, 0) is 29.6 Å². The fourth-order valence-electron chi connectivity index (χ4n) is 3.52. The third-order valence-electron chi connectivity index (χ3n) is 5.11. The summed E-state index contributed by atoms with van der Waals surface area (Å²) in [4.78, 5) is 32.6. The van der Waals surface area contributed by atoms with Crippen molar-refractivity contribution in [2.45, 2.75) is 26.4 Å². The largest absolute Gasteiger partial charge is 0.382 e. The number of rotatable bonds is 7. The molecule has 2 aromatic rings. The lowest BCUT2D eigenvalue weighted by Gasteiger charge is -2.36. The molecular formula is C20H27N5O5. The van der Waals surface area contributed by atoms with Gasteiger partial charge in [0.1, 0.15) is 6.10 Å². The summed E-state index contributed by atoms with van der Waals surface area (Å²) in [7, 11) is 0. The van der Waals surface area contributed by atoms with E-state index < -0.39 is 17.9 Å². The summed E-state index contributed by atoms with van der Waals surface area (Å²) in [6, 6.07) is 9.46. The van der Waals surface area contributed by atoms with Crippen molar-refractivity contribution in [3.63, 3.8) is 0 Å². The van der Waals surface area contributed by atoms with E-state index in [2.05, 4.69) is 10.1 Å². The van der Waals surface area contributed by atoms with Crippen molar-refractivity contribution in [2.75, 3.05) is 31.1 Å². The summed E-state index contributed by atoms with van der Waals surface area (Å²) in [6.45, 7) is 5.60. The minimum Gasteiger partial charge on any atom is -0.382 e. The molecule has 1 aromatic carbocycles. The number of nitrogens with one attached hydrogen (secondary N) is 1. The van der Waals surface area contributed by atoms with E-state index in [9.17, 15) is 14.7 Å². The molecule has 0 spiro atoms. The number of benzene rings is 1. The van der Waals surface area contributed by atoms with Crippen molar-refractivity contribution in [3.8, 4) is 11.5 Å². The van der Waals surface area contributed by atoms with Crippen LogP contribution in [0.25, 0.3) is 11.5 Å². The molecular weight excluding hydrogens is 390 g/mol. The Balaban J connectivity index is 1.63. The van der Waals surface area contributed by atoms with Crippen LogP contribution in [0.15, 0.2) is 34.9 Å². The molecule has 10 heteroatoms. The number of aliphatic hydroxyl groups is 1. The van der Waals surface area contributed by atoms with E-state index in [4.69, 9.17) is 9.73 Å².